The first-order valence-electron chi connectivity index (χ1n) is 10.7. The van der Waals surface area contributed by atoms with Crippen LogP contribution < -0.4 is 5.32 Å². The summed E-state index contributed by atoms with van der Waals surface area (Å²) in [5, 5.41) is 11.0. The van der Waals surface area contributed by atoms with Gasteiger partial charge in [0.15, 0.2) is 5.82 Å². The van der Waals surface area contributed by atoms with Gasteiger partial charge in [0.05, 0.1) is 16.6 Å². The highest BCUT2D eigenvalue weighted by Gasteiger charge is 2.22. The monoisotopic (exact) mass is 438 g/mol. The van der Waals surface area contributed by atoms with Crippen LogP contribution in [0.2, 0.25) is 5.02 Å². The first kappa shape index (κ1) is 21.5. The molecule has 1 amide bonds. The van der Waals surface area contributed by atoms with Gasteiger partial charge in [0.2, 0.25) is 0 Å². The van der Waals surface area contributed by atoms with Crippen molar-refractivity contribution >= 4 is 17.5 Å². The van der Waals surface area contributed by atoms with Gasteiger partial charge in [0.1, 0.15) is 12.7 Å². The third kappa shape index (κ3) is 5.29. The molecule has 1 unspecified atom stereocenters. The maximum absolute atomic E-state index is 12.9. The summed E-state index contributed by atoms with van der Waals surface area (Å²) in [7, 11) is 0. The van der Waals surface area contributed by atoms with E-state index in [1.165, 1.54) is 55.7 Å². The number of pyridine rings is 1. The first-order valence-corrected chi connectivity index (χ1v) is 11.1. The van der Waals surface area contributed by atoms with Gasteiger partial charge >= 0.3 is 0 Å². The molecule has 3 heterocycles. The molecule has 162 valence electrons. The topological polar surface area (TPSA) is 75.9 Å². The molecule has 8 heteroatoms. The lowest BCUT2D eigenvalue weighted by Crippen LogP contribution is -2.38. The molecule has 1 fully saturated rings. The molecular weight excluding hydrogens is 412 g/mol. The quantitative estimate of drug-likeness (QED) is 0.630. The minimum atomic E-state index is -0.184. The third-order valence-corrected chi connectivity index (χ3v) is 6.02. The predicted molar refractivity (Wildman–Crippen MR) is 120 cm³/mol. The predicted octanol–water partition coefficient (Wildman–Crippen LogP) is 3.97. The Labute approximate surface area is 187 Å². The normalized spacial score (nSPS) is 15.9. The van der Waals surface area contributed by atoms with Crippen molar-refractivity contribution in [2.75, 3.05) is 19.6 Å². The zero-order chi connectivity index (χ0) is 21.6. The maximum atomic E-state index is 12.9. The summed E-state index contributed by atoms with van der Waals surface area (Å²) in [5.74, 6) is 0.307. The molecule has 1 atom stereocenters. The lowest BCUT2D eigenvalue weighted by atomic mass is 10.0. The van der Waals surface area contributed by atoms with Crippen LogP contribution in [0.3, 0.4) is 0 Å². The summed E-state index contributed by atoms with van der Waals surface area (Å²) in [6.45, 7) is 4.73. The fourth-order valence-corrected chi connectivity index (χ4v) is 4.26. The number of amides is 1. The molecular formula is C23H27ClN6O. The molecule has 1 aromatic carbocycles. The number of halogens is 1. The van der Waals surface area contributed by atoms with Gasteiger partial charge in [-0.1, -0.05) is 54.3 Å². The smallest absolute Gasteiger partial charge is 0.252 e. The molecule has 2 aromatic heterocycles. The second-order valence-electron chi connectivity index (χ2n) is 7.99. The van der Waals surface area contributed by atoms with Crippen LogP contribution >= 0.6 is 11.6 Å². The average Bonchev–Trinajstić information content (AvgIpc) is 3.17. The minimum absolute atomic E-state index is 0.141. The fourth-order valence-electron chi connectivity index (χ4n) is 4.00. The van der Waals surface area contributed by atoms with Gasteiger partial charge < -0.3 is 5.32 Å². The molecule has 31 heavy (non-hydrogen) atoms. The summed E-state index contributed by atoms with van der Waals surface area (Å²) < 4.78 is 1.61. The number of likely N-dealkylation sites (tertiary alicyclic amines) is 1. The van der Waals surface area contributed by atoms with Crippen LogP contribution in [0.5, 0.6) is 0 Å². The Morgan fingerprint density at radius 2 is 1.77 bits per heavy atom. The van der Waals surface area contributed by atoms with Crippen molar-refractivity contribution in [1.82, 2.24) is 30.0 Å². The fraction of sp³-hybridized carbons (Fsp3) is 0.391. The second kappa shape index (κ2) is 10.0. The number of hydrogen-bond acceptors (Lipinski definition) is 5. The van der Waals surface area contributed by atoms with Gasteiger partial charge in [0, 0.05) is 12.7 Å². The van der Waals surface area contributed by atoms with Crippen molar-refractivity contribution in [3.8, 4) is 5.82 Å². The summed E-state index contributed by atoms with van der Waals surface area (Å²) in [5.41, 5.74) is 2.89. The van der Waals surface area contributed by atoms with Crippen molar-refractivity contribution in [3.05, 3.63) is 70.9 Å². The Hall–Kier alpha value is -2.77. The molecule has 3 aromatic rings. The minimum Gasteiger partial charge on any atom is -0.350 e. The highest BCUT2D eigenvalue weighted by atomic mass is 35.5. The van der Waals surface area contributed by atoms with Crippen molar-refractivity contribution < 1.29 is 4.79 Å². The van der Waals surface area contributed by atoms with E-state index in [9.17, 15) is 4.79 Å². The highest BCUT2D eigenvalue weighted by molar-refractivity contribution is 6.32. The molecule has 0 bridgehead atoms. The van der Waals surface area contributed by atoms with E-state index in [1.54, 1.807) is 10.6 Å². The van der Waals surface area contributed by atoms with Crippen molar-refractivity contribution in [2.45, 2.75) is 38.6 Å². The molecule has 4 rings (SSSR count). The first-order chi connectivity index (χ1) is 15.1. The summed E-state index contributed by atoms with van der Waals surface area (Å²) in [6.07, 6.45) is 9.49. The van der Waals surface area contributed by atoms with E-state index in [1.807, 2.05) is 0 Å². The third-order valence-electron chi connectivity index (χ3n) is 5.75. The molecule has 0 radical (unpaired) electrons. The number of aromatic nitrogens is 4. The van der Waals surface area contributed by atoms with E-state index in [0.29, 0.717) is 22.9 Å². The van der Waals surface area contributed by atoms with E-state index in [-0.39, 0.29) is 11.9 Å². The van der Waals surface area contributed by atoms with Crippen LogP contribution in [0.25, 0.3) is 5.82 Å². The summed E-state index contributed by atoms with van der Waals surface area (Å²) in [4.78, 5) is 19.7. The number of aryl methyl sites for hydroxylation is 1. The van der Waals surface area contributed by atoms with Crippen LogP contribution in [0, 0.1) is 6.92 Å². The molecule has 0 aliphatic carbocycles. The van der Waals surface area contributed by atoms with E-state index >= 15 is 0 Å². The van der Waals surface area contributed by atoms with Crippen LogP contribution in [0.15, 0.2) is 49.2 Å². The zero-order valence-corrected chi connectivity index (χ0v) is 18.4. The maximum Gasteiger partial charge on any atom is 0.252 e. The van der Waals surface area contributed by atoms with Gasteiger partial charge in [-0.15, -0.1) is 10.2 Å². The number of benzene rings is 1. The molecule has 1 aliphatic rings. The van der Waals surface area contributed by atoms with Crippen molar-refractivity contribution in [1.29, 1.82) is 0 Å². The average molecular weight is 439 g/mol. The van der Waals surface area contributed by atoms with E-state index in [0.717, 1.165) is 13.1 Å². The van der Waals surface area contributed by atoms with Crippen LogP contribution in [0.4, 0.5) is 0 Å². The summed E-state index contributed by atoms with van der Waals surface area (Å²) in [6, 6.07) is 10.4. The lowest BCUT2D eigenvalue weighted by Gasteiger charge is -2.31. The van der Waals surface area contributed by atoms with Gasteiger partial charge in [-0.2, -0.15) is 0 Å². The molecule has 1 saturated heterocycles. The number of rotatable bonds is 6. The van der Waals surface area contributed by atoms with Crippen molar-refractivity contribution in [3.63, 3.8) is 0 Å². The number of nitrogens with zero attached hydrogens (tertiary/aromatic N) is 5. The van der Waals surface area contributed by atoms with E-state index in [2.05, 4.69) is 56.6 Å². The van der Waals surface area contributed by atoms with Crippen molar-refractivity contribution in [2.24, 2.45) is 0 Å². The SMILES string of the molecule is Cc1ccc(C(CNC(=O)c2cnc(-n3cnnc3)c(Cl)c2)N2CCCCCC2)cc1. The number of carbonyl (C=O) groups excluding carboxylic acids is 1. The Balaban J connectivity index is 1.49. The highest BCUT2D eigenvalue weighted by Crippen LogP contribution is 2.25. The van der Waals surface area contributed by atoms with Gasteiger partial charge in [-0.25, -0.2) is 4.98 Å². The molecule has 0 saturated carbocycles. The van der Waals surface area contributed by atoms with E-state index < -0.39 is 0 Å². The van der Waals surface area contributed by atoms with Crippen LogP contribution in [-0.2, 0) is 0 Å². The molecule has 1 N–H and O–H groups in total. The number of hydrogen-bond donors (Lipinski definition) is 1. The molecule has 7 nitrogen and oxygen atoms in total. The van der Waals surface area contributed by atoms with E-state index in [4.69, 9.17) is 11.6 Å². The van der Waals surface area contributed by atoms with Gasteiger partial charge in [-0.3, -0.25) is 14.3 Å². The van der Waals surface area contributed by atoms with Crippen LogP contribution in [0.1, 0.15) is 53.2 Å². The largest absolute Gasteiger partial charge is 0.350 e. The van der Waals surface area contributed by atoms with Gasteiger partial charge in [0.25, 0.3) is 5.91 Å². The summed E-state index contributed by atoms with van der Waals surface area (Å²) >= 11 is 6.35. The number of carbonyl (C=O) groups is 1. The lowest BCUT2D eigenvalue weighted by molar-refractivity contribution is 0.0933. The second-order valence-corrected chi connectivity index (χ2v) is 8.39. The Morgan fingerprint density at radius 1 is 1.10 bits per heavy atom. The zero-order valence-electron chi connectivity index (χ0n) is 17.7. The Morgan fingerprint density at radius 3 is 2.42 bits per heavy atom. The standard InChI is InChI=1S/C23H27ClN6O/c1-17-6-8-18(9-7-17)21(29-10-4-2-3-5-11-29)14-26-23(31)19-12-20(24)22(25-13-19)30-15-27-28-16-30/h6-9,12-13,15-16,21H,2-5,10-11,14H2,1H3,(H,26,31). The number of nitrogens with one attached hydrogen (secondary N) is 1. The Kier molecular flexibility index (Phi) is 6.94. The molecule has 1 aliphatic heterocycles. The van der Waals surface area contributed by atoms with Gasteiger partial charge in [-0.05, 0) is 44.5 Å². The molecule has 0 spiro atoms. The van der Waals surface area contributed by atoms with Crippen LogP contribution in [-0.4, -0.2) is 50.2 Å². The Bertz CT molecular complexity index is 997.